The molecule has 1 nitrogen and oxygen atoms in total. The molecule has 0 spiro atoms. The number of rotatable bonds is 4. The van der Waals surface area contributed by atoms with E-state index in [1.54, 1.807) is 11.1 Å². The lowest BCUT2D eigenvalue weighted by atomic mass is 9.74. The first-order chi connectivity index (χ1) is 13.6. The van der Waals surface area contributed by atoms with Crippen LogP contribution >= 0.6 is 0 Å². The molecule has 0 radical (unpaired) electrons. The van der Waals surface area contributed by atoms with E-state index in [0.717, 1.165) is 6.54 Å². The number of hydrogen-bond donors (Lipinski definition) is 0. The van der Waals surface area contributed by atoms with Crippen LogP contribution in [0.1, 0.15) is 57.6 Å². The summed E-state index contributed by atoms with van der Waals surface area (Å²) in [6.45, 7) is 8.21. The fourth-order valence-corrected chi connectivity index (χ4v) is 5.24. The lowest BCUT2D eigenvalue weighted by Crippen LogP contribution is -2.51. The molecular weight excluding hydrogens is 338 g/mol. The van der Waals surface area contributed by atoms with Gasteiger partial charge in [0.25, 0.3) is 0 Å². The van der Waals surface area contributed by atoms with Crippen molar-refractivity contribution >= 4 is 6.08 Å². The van der Waals surface area contributed by atoms with Gasteiger partial charge in [0, 0.05) is 18.6 Å². The van der Waals surface area contributed by atoms with Crippen molar-refractivity contribution in [2.45, 2.75) is 65.1 Å². The first-order valence-electron chi connectivity index (χ1n) is 10.9. The molecule has 1 aliphatic carbocycles. The SMILES string of the molecule is CC1=C2CCCC[C@H]2N(Cc2ccccc2)[C@@H](C(C)C)/C1=C/c1ccccc1. The molecule has 1 fully saturated rings. The summed E-state index contributed by atoms with van der Waals surface area (Å²) in [5, 5.41) is 0. The van der Waals surface area contributed by atoms with Crippen molar-refractivity contribution < 1.29 is 0 Å². The Morgan fingerprint density at radius 1 is 0.964 bits per heavy atom. The molecule has 0 unspecified atom stereocenters. The van der Waals surface area contributed by atoms with Crippen molar-refractivity contribution in [3.8, 4) is 0 Å². The van der Waals surface area contributed by atoms with Gasteiger partial charge in [0.15, 0.2) is 0 Å². The molecule has 0 aromatic heterocycles. The van der Waals surface area contributed by atoms with Gasteiger partial charge in [-0.15, -0.1) is 0 Å². The highest BCUT2D eigenvalue weighted by atomic mass is 15.2. The highest BCUT2D eigenvalue weighted by Gasteiger charge is 2.39. The largest absolute Gasteiger partial charge is 0.285 e. The number of nitrogens with zero attached hydrogens (tertiary/aromatic N) is 1. The quantitative estimate of drug-likeness (QED) is 0.567. The molecule has 0 N–H and O–H groups in total. The normalized spacial score (nSPS) is 24.6. The molecule has 2 aromatic carbocycles. The van der Waals surface area contributed by atoms with E-state index < -0.39 is 0 Å². The van der Waals surface area contributed by atoms with Crippen molar-refractivity contribution in [2.24, 2.45) is 5.92 Å². The molecule has 0 amide bonds. The Bertz CT molecular complexity index is 844. The molecule has 2 atom stereocenters. The Morgan fingerprint density at radius 3 is 2.32 bits per heavy atom. The minimum atomic E-state index is 0.465. The highest BCUT2D eigenvalue weighted by Crippen LogP contribution is 2.43. The number of fused-ring (bicyclic) bond motifs is 1. The maximum Gasteiger partial charge on any atom is 0.0383 e. The fourth-order valence-electron chi connectivity index (χ4n) is 5.24. The topological polar surface area (TPSA) is 3.24 Å². The van der Waals surface area contributed by atoms with Crippen molar-refractivity contribution in [3.63, 3.8) is 0 Å². The van der Waals surface area contributed by atoms with Crippen LogP contribution in [0.3, 0.4) is 0 Å². The van der Waals surface area contributed by atoms with Gasteiger partial charge in [0.05, 0.1) is 0 Å². The summed E-state index contributed by atoms with van der Waals surface area (Å²) >= 11 is 0. The highest BCUT2D eigenvalue weighted by molar-refractivity contribution is 5.62. The second-order valence-electron chi connectivity index (χ2n) is 8.77. The molecule has 146 valence electrons. The van der Waals surface area contributed by atoms with E-state index in [1.807, 2.05) is 0 Å². The van der Waals surface area contributed by atoms with Crippen LogP contribution in [0.4, 0.5) is 0 Å². The maximum atomic E-state index is 2.82. The average molecular weight is 372 g/mol. The first-order valence-corrected chi connectivity index (χ1v) is 10.9. The summed E-state index contributed by atoms with van der Waals surface area (Å²) < 4.78 is 0. The van der Waals surface area contributed by atoms with Gasteiger partial charge in [-0.05, 0) is 66.0 Å². The number of hydrogen-bond acceptors (Lipinski definition) is 1. The minimum Gasteiger partial charge on any atom is -0.285 e. The van der Waals surface area contributed by atoms with Crippen LogP contribution in [0.5, 0.6) is 0 Å². The summed E-state index contributed by atoms with van der Waals surface area (Å²) in [6.07, 6.45) is 7.72. The van der Waals surface area contributed by atoms with Crippen LogP contribution in [-0.4, -0.2) is 17.0 Å². The molecule has 28 heavy (non-hydrogen) atoms. The summed E-state index contributed by atoms with van der Waals surface area (Å²) in [5.41, 5.74) is 7.54. The zero-order valence-corrected chi connectivity index (χ0v) is 17.6. The summed E-state index contributed by atoms with van der Waals surface area (Å²) in [4.78, 5) is 2.82. The fraction of sp³-hybridized carbons (Fsp3) is 0.407. The van der Waals surface area contributed by atoms with Crippen LogP contribution in [0.15, 0.2) is 77.4 Å². The third kappa shape index (κ3) is 3.86. The van der Waals surface area contributed by atoms with Crippen molar-refractivity contribution in [2.75, 3.05) is 0 Å². The third-order valence-electron chi connectivity index (χ3n) is 6.53. The Morgan fingerprint density at radius 2 is 1.64 bits per heavy atom. The van der Waals surface area contributed by atoms with Crippen LogP contribution in [-0.2, 0) is 6.54 Å². The van der Waals surface area contributed by atoms with Gasteiger partial charge in [-0.3, -0.25) is 4.90 Å². The zero-order valence-electron chi connectivity index (χ0n) is 17.6. The molecule has 1 heteroatoms. The van der Waals surface area contributed by atoms with E-state index in [9.17, 15) is 0 Å². The molecule has 1 saturated carbocycles. The van der Waals surface area contributed by atoms with E-state index in [0.29, 0.717) is 18.0 Å². The van der Waals surface area contributed by atoms with Crippen molar-refractivity contribution in [1.29, 1.82) is 0 Å². The van der Waals surface area contributed by atoms with Crippen molar-refractivity contribution in [3.05, 3.63) is 88.5 Å². The predicted molar refractivity (Wildman–Crippen MR) is 120 cm³/mol. The molecule has 2 aliphatic rings. The predicted octanol–water partition coefficient (Wildman–Crippen LogP) is 6.87. The van der Waals surface area contributed by atoms with Crippen LogP contribution in [0.25, 0.3) is 6.08 Å². The Kier molecular flexibility index (Phi) is 5.82. The van der Waals surface area contributed by atoms with Crippen LogP contribution < -0.4 is 0 Å². The van der Waals surface area contributed by atoms with E-state index in [-0.39, 0.29) is 0 Å². The van der Waals surface area contributed by atoms with Gasteiger partial charge in [-0.2, -0.15) is 0 Å². The van der Waals surface area contributed by atoms with Gasteiger partial charge in [-0.1, -0.05) is 80.9 Å². The van der Waals surface area contributed by atoms with E-state index in [2.05, 4.69) is 92.4 Å². The third-order valence-corrected chi connectivity index (χ3v) is 6.53. The summed E-state index contributed by atoms with van der Waals surface area (Å²) in [7, 11) is 0. The molecule has 1 heterocycles. The van der Waals surface area contributed by atoms with Gasteiger partial charge in [0.2, 0.25) is 0 Å². The van der Waals surface area contributed by atoms with Gasteiger partial charge < -0.3 is 0 Å². The standard InChI is InChI=1S/C27H33N/c1-20(2)27-25(18-22-12-6-4-7-13-22)21(3)24-16-10-11-17-26(24)28(27)19-23-14-8-5-9-15-23/h4-9,12-15,18,20,26-27H,10-11,16-17,19H2,1-3H3/b25-18+/t26-,27+/m1/s1. The lowest BCUT2D eigenvalue weighted by Gasteiger charge is -2.49. The first kappa shape index (κ1) is 19.2. The zero-order chi connectivity index (χ0) is 19.5. The smallest absolute Gasteiger partial charge is 0.0383 e. The van der Waals surface area contributed by atoms with Crippen molar-refractivity contribution in [1.82, 2.24) is 4.90 Å². The molecular formula is C27H33N. The minimum absolute atomic E-state index is 0.465. The maximum absolute atomic E-state index is 2.82. The Labute approximate surface area is 170 Å². The van der Waals surface area contributed by atoms with Crippen LogP contribution in [0, 0.1) is 5.92 Å². The average Bonchev–Trinajstić information content (AvgIpc) is 2.73. The molecule has 2 aromatic rings. The van der Waals surface area contributed by atoms with Gasteiger partial charge in [0.1, 0.15) is 0 Å². The monoisotopic (exact) mass is 371 g/mol. The lowest BCUT2D eigenvalue weighted by molar-refractivity contribution is 0.108. The van der Waals surface area contributed by atoms with Gasteiger partial charge in [-0.25, -0.2) is 0 Å². The van der Waals surface area contributed by atoms with Crippen LogP contribution in [0.2, 0.25) is 0 Å². The van der Waals surface area contributed by atoms with E-state index in [1.165, 1.54) is 42.4 Å². The summed E-state index contributed by atoms with van der Waals surface area (Å²) in [6, 6.07) is 23.0. The van der Waals surface area contributed by atoms with E-state index >= 15 is 0 Å². The molecule has 0 saturated heterocycles. The number of benzene rings is 2. The molecule has 1 aliphatic heterocycles. The van der Waals surface area contributed by atoms with E-state index in [4.69, 9.17) is 0 Å². The second kappa shape index (κ2) is 8.49. The van der Waals surface area contributed by atoms with Gasteiger partial charge >= 0.3 is 0 Å². The Hall–Kier alpha value is -2.12. The Balaban J connectivity index is 1.81. The summed E-state index contributed by atoms with van der Waals surface area (Å²) in [5.74, 6) is 0.581. The molecule has 0 bridgehead atoms. The second-order valence-corrected chi connectivity index (χ2v) is 8.77. The molecule has 4 rings (SSSR count).